The molecule has 1 unspecified atom stereocenters. The van der Waals surface area contributed by atoms with Crippen molar-refractivity contribution in [2.24, 2.45) is 5.92 Å². The first-order chi connectivity index (χ1) is 13.5. The van der Waals surface area contributed by atoms with Crippen molar-refractivity contribution in [2.45, 2.75) is 53.0 Å². The molecule has 0 aliphatic carbocycles. The van der Waals surface area contributed by atoms with Crippen molar-refractivity contribution in [3.8, 4) is 0 Å². The molecule has 1 atom stereocenters. The molecule has 1 saturated heterocycles. The lowest BCUT2D eigenvalue weighted by molar-refractivity contribution is 0.0950. The molecule has 7 heteroatoms. The highest BCUT2D eigenvalue weighted by Gasteiger charge is 2.19. The van der Waals surface area contributed by atoms with Crippen molar-refractivity contribution in [1.82, 2.24) is 20.2 Å². The Labute approximate surface area is 170 Å². The number of hydrogen-bond acceptors (Lipinski definition) is 5. The van der Waals surface area contributed by atoms with Crippen molar-refractivity contribution in [2.75, 3.05) is 19.6 Å². The zero-order chi connectivity index (χ0) is 20.1. The van der Waals surface area contributed by atoms with Crippen LogP contribution in [0.15, 0.2) is 17.1 Å². The van der Waals surface area contributed by atoms with Gasteiger partial charge in [-0.25, -0.2) is 4.98 Å². The molecule has 0 radical (unpaired) electrons. The van der Waals surface area contributed by atoms with Gasteiger partial charge >= 0.3 is 0 Å². The number of pyridine rings is 1. The van der Waals surface area contributed by atoms with E-state index in [2.05, 4.69) is 22.5 Å². The molecule has 1 aliphatic rings. The lowest BCUT2D eigenvalue weighted by Crippen LogP contribution is -2.38. The van der Waals surface area contributed by atoms with Crippen LogP contribution in [0.1, 0.15) is 50.8 Å². The van der Waals surface area contributed by atoms with Crippen LogP contribution in [0.2, 0.25) is 0 Å². The maximum absolute atomic E-state index is 12.9. The molecule has 28 heavy (non-hydrogen) atoms. The second-order valence-electron chi connectivity index (χ2n) is 7.65. The molecule has 0 aromatic carbocycles. The number of thiazole rings is 1. The largest absolute Gasteiger partial charge is 0.352 e. The van der Waals surface area contributed by atoms with Crippen molar-refractivity contribution < 1.29 is 4.79 Å². The van der Waals surface area contributed by atoms with Crippen molar-refractivity contribution in [1.29, 1.82) is 0 Å². The van der Waals surface area contributed by atoms with Crippen LogP contribution in [0.25, 0.3) is 0 Å². The molecule has 0 saturated carbocycles. The molecular weight excluding hydrogens is 372 g/mol. The molecular formula is C21H30N4O2S. The van der Waals surface area contributed by atoms with Crippen LogP contribution in [-0.4, -0.2) is 35.1 Å². The number of aryl methyl sites for hydroxylation is 4. The van der Waals surface area contributed by atoms with Gasteiger partial charge in [0.1, 0.15) is 5.56 Å². The third kappa shape index (κ3) is 5.08. The van der Waals surface area contributed by atoms with E-state index in [1.165, 1.54) is 4.88 Å². The van der Waals surface area contributed by atoms with E-state index in [4.69, 9.17) is 0 Å². The van der Waals surface area contributed by atoms with Gasteiger partial charge in [0, 0.05) is 30.6 Å². The average molecular weight is 403 g/mol. The Bertz CT molecular complexity index is 862. The number of carbonyl (C=O) groups is 1. The first-order valence-electron chi connectivity index (χ1n) is 10.1. The van der Waals surface area contributed by atoms with Crippen LogP contribution in [0.4, 0.5) is 0 Å². The van der Waals surface area contributed by atoms with Gasteiger partial charge in [0.25, 0.3) is 11.5 Å². The summed E-state index contributed by atoms with van der Waals surface area (Å²) in [6.45, 7) is 9.09. The molecule has 152 valence electrons. The number of piperidine rings is 1. The number of nitrogens with zero attached hydrogens (tertiary/aromatic N) is 2. The molecule has 2 aromatic rings. The maximum Gasteiger partial charge on any atom is 0.263 e. The molecule has 3 heterocycles. The predicted octanol–water partition coefficient (Wildman–Crippen LogP) is 2.59. The van der Waals surface area contributed by atoms with E-state index in [9.17, 15) is 9.59 Å². The minimum absolute atomic E-state index is 0.186. The standard InChI is InChI=1S/C21H30N4O2S/c1-14-8-11-25(13-17-6-4-9-22-12-17)21(27)19(14)20(26)23-10-5-7-18-24-15(2)16(3)28-18/h8,11,17,22H,4-7,9-10,12-13H2,1-3H3,(H,23,26). The second kappa shape index (κ2) is 9.47. The summed E-state index contributed by atoms with van der Waals surface area (Å²) in [5, 5.41) is 7.39. The molecule has 0 spiro atoms. The number of carbonyl (C=O) groups excluding carboxylic acids is 1. The molecule has 1 fully saturated rings. The van der Waals surface area contributed by atoms with Gasteiger partial charge < -0.3 is 15.2 Å². The molecule has 3 rings (SSSR count). The molecule has 6 nitrogen and oxygen atoms in total. The fourth-order valence-electron chi connectivity index (χ4n) is 3.62. The zero-order valence-electron chi connectivity index (χ0n) is 17.0. The summed E-state index contributed by atoms with van der Waals surface area (Å²) in [6.07, 6.45) is 5.72. The number of nitrogens with one attached hydrogen (secondary N) is 2. The van der Waals surface area contributed by atoms with Gasteiger partial charge in [-0.2, -0.15) is 0 Å². The van der Waals surface area contributed by atoms with E-state index in [-0.39, 0.29) is 17.0 Å². The summed E-state index contributed by atoms with van der Waals surface area (Å²) in [7, 11) is 0. The van der Waals surface area contributed by atoms with Gasteiger partial charge in [-0.1, -0.05) is 0 Å². The topological polar surface area (TPSA) is 76.0 Å². The van der Waals surface area contributed by atoms with E-state index < -0.39 is 0 Å². The highest BCUT2D eigenvalue weighted by atomic mass is 32.1. The van der Waals surface area contributed by atoms with E-state index in [0.29, 0.717) is 19.0 Å². The lowest BCUT2D eigenvalue weighted by Gasteiger charge is -2.23. The fraction of sp³-hybridized carbons (Fsp3) is 0.571. The Morgan fingerprint density at radius 1 is 1.39 bits per heavy atom. The predicted molar refractivity (Wildman–Crippen MR) is 113 cm³/mol. The zero-order valence-corrected chi connectivity index (χ0v) is 17.8. The SMILES string of the molecule is Cc1ccn(CC2CCCNC2)c(=O)c1C(=O)NCCCc1nc(C)c(C)s1. The van der Waals surface area contributed by atoms with Crippen LogP contribution in [-0.2, 0) is 13.0 Å². The van der Waals surface area contributed by atoms with Gasteiger partial charge in [-0.3, -0.25) is 9.59 Å². The van der Waals surface area contributed by atoms with Crippen LogP contribution in [0.5, 0.6) is 0 Å². The van der Waals surface area contributed by atoms with Crippen molar-refractivity contribution in [3.05, 3.63) is 49.3 Å². The van der Waals surface area contributed by atoms with Crippen LogP contribution in [0.3, 0.4) is 0 Å². The smallest absolute Gasteiger partial charge is 0.263 e. The average Bonchev–Trinajstić information content (AvgIpc) is 3.00. The van der Waals surface area contributed by atoms with Gasteiger partial charge in [0.2, 0.25) is 0 Å². The first kappa shape index (κ1) is 20.7. The second-order valence-corrected chi connectivity index (χ2v) is 8.94. The van der Waals surface area contributed by atoms with Gasteiger partial charge in [-0.05, 0) is 70.7 Å². The van der Waals surface area contributed by atoms with Gasteiger partial charge in [0.05, 0.1) is 10.7 Å². The van der Waals surface area contributed by atoms with Gasteiger partial charge in [-0.15, -0.1) is 11.3 Å². The summed E-state index contributed by atoms with van der Waals surface area (Å²) < 4.78 is 1.70. The Kier molecular flexibility index (Phi) is 7.02. The van der Waals surface area contributed by atoms with E-state index >= 15 is 0 Å². The molecule has 2 N–H and O–H groups in total. The normalized spacial score (nSPS) is 16.9. The minimum atomic E-state index is -0.273. The number of aromatic nitrogens is 2. The third-order valence-electron chi connectivity index (χ3n) is 5.38. The van der Waals surface area contributed by atoms with E-state index in [1.807, 2.05) is 26.1 Å². The Morgan fingerprint density at radius 2 is 2.21 bits per heavy atom. The highest BCUT2D eigenvalue weighted by Crippen LogP contribution is 2.17. The summed E-state index contributed by atoms with van der Waals surface area (Å²) >= 11 is 1.71. The number of amides is 1. The number of rotatable bonds is 7. The van der Waals surface area contributed by atoms with E-state index in [1.54, 1.807) is 15.9 Å². The summed E-state index contributed by atoms with van der Waals surface area (Å²) in [6, 6.07) is 1.87. The highest BCUT2D eigenvalue weighted by molar-refractivity contribution is 7.11. The van der Waals surface area contributed by atoms with Crippen molar-refractivity contribution in [3.63, 3.8) is 0 Å². The monoisotopic (exact) mass is 402 g/mol. The molecule has 1 amide bonds. The fourth-order valence-corrected chi connectivity index (χ4v) is 4.59. The summed E-state index contributed by atoms with van der Waals surface area (Å²) in [5.74, 6) is 0.167. The summed E-state index contributed by atoms with van der Waals surface area (Å²) in [5.41, 5.74) is 1.89. The Morgan fingerprint density at radius 3 is 2.89 bits per heavy atom. The lowest BCUT2D eigenvalue weighted by atomic mass is 9.99. The van der Waals surface area contributed by atoms with Crippen LogP contribution in [0, 0.1) is 26.7 Å². The quantitative estimate of drug-likeness (QED) is 0.698. The molecule has 2 aromatic heterocycles. The van der Waals surface area contributed by atoms with E-state index in [0.717, 1.165) is 55.0 Å². The summed E-state index contributed by atoms with van der Waals surface area (Å²) in [4.78, 5) is 31.3. The first-order valence-corrected chi connectivity index (χ1v) is 10.9. The number of hydrogen-bond donors (Lipinski definition) is 2. The molecule has 0 bridgehead atoms. The maximum atomic E-state index is 12.9. The van der Waals surface area contributed by atoms with Crippen LogP contribution >= 0.6 is 11.3 Å². The van der Waals surface area contributed by atoms with Gasteiger partial charge in [0.15, 0.2) is 0 Å². The Balaban J connectivity index is 1.59. The third-order valence-corrected chi connectivity index (χ3v) is 6.51. The molecule has 1 aliphatic heterocycles. The van der Waals surface area contributed by atoms with Crippen LogP contribution < -0.4 is 16.2 Å². The van der Waals surface area contributed by atoms with Crippen molar-refractivity contribution >= 4 is 17.2 Å². The Hall–Kier alpha value is -1.99. The minimum Gasteiger partial charge on any atom is -0.352 e.